The van der Waals surface area contributed by atoms with Crippen LogP contribution in [-0.4, -0.2) is 37.3 Å². The van der Waals surface area contributed by atoms with Gasteiger partial charge in [-0.25, -0.2) is 9.78 Å². The van der Waals surface area contributed by atoms with Crippen molar-refractivity contribution in [3.05, 3.63) is 64.9 Å². The second-order valence-corrected chi connectivity index (χ2v) is 7.78. The highest BCUT2D eigenvalue weighted by Gasteiger charge is 2.38. The lowest BCUT2D eigenvalue weighted by Crippen LogP contribution is -2.39. The number of aliphatic hydroxyl groups is 1. The molecule has 2 atom stereocenters. The number of carbonyl (C=O) groups is 1. The molecule has 0 radical (unpaired) electrons. The molecule has 0 unspecified atom stereocenters. The van der Waals surface area contributed by atoms with Crippen LogP contribution in [0, 0.1) is 5.92 Å². The van der Waals surface area contributed by atoms with Crippen LogP contribution in [0.2, 0.25) is 5.02 Å². The average molecular weight is 400 g/mol. The van der Waals surface area contributed by atoms with Crippen molar-refractivity contribution in [2.75, 3.05) is 6.54 Å². The van der Waals surface area contributed by atoms with Crippen LogP contribution in [0.4, 0.5) is 4.79 Å². The number of imidazole rings is 1. The Morgan fingerprint density at radius 3 is 2.68 bits per heavy atom. The minimum atomic E-state index is -1.09. The van der Waals surface area contributed by atoms with Crippen LogP contribution < -0.4 is 0 Å². The molecule has 1 aromatic heterocycles. The van der Waals surface area contributed by atoms with E-state index in [1.807, 2.05) is 35.9 Å². The number of carboxylic acid groups (broad SMARTS) is 1. The maximum Gasteiger partial charge on any atom is 0.408 e. The molecule has 1 aliphatic rings. The first-order chi connectivity index (χ1) is 13.5. The molecule has 0 aliphatic heterocycles. The first-order valence-corrected chi connectivity index (χ1v) is 9.68. The van der Waals surface area contributed by atoms with Gasteiger partial charge in [-0.3, -0.25) is 4.90 Å². The number of halogens is 1. The number of aryl methyl sites for hydroxylation is 1. The van der Waals surface area contributed by atoms with Crippen LogP contribution in [0.3, 0.4) is 0 Å². The highest BCUT2D eigenvalue weighted by atomic mass is 35.5. The van der Waals surface area contributed by atoms with Crippen molar-refractivity contribution in [1.29, 1.82) is 0 Å². The Morgan fingerprint density at radius 2 is 2.04 bits per heavy atom. The quantitative estimate of drug-likeness (QED) is 0.644. The standard InChI is InChI=1S/C21H22ClN3O3/c1-24-17-8-3-2-7-16(17)23-20(24)18(25(21(27)28)12-13-9-10-13)19(26)14-5-4-6-15(22)11-14/h2-8,11,13,18-19,26H,9-10,12H2,1H3,(H,27,28)/t18-,19-/m1/s1. The number of para-hydroxylation sites is 2. The Kier molecular flexibility index (Phi) is 5.00. The summed E-state index contributed by atoms with van der Waals surface area (Å²) in [6, 6.07) is 13.7. The summed E-state index contributed by atoms with van der Waals surface area (Å²) in [5, 5.41) is 21.7. The van der Waals surface area contributed by atoms with Crippen molar-refractivity contribution >= 4 is 28.7 Å². The van der Waals surface area contributed by atoms with Crippen molar-refractivity contribution in [3.8, 4) is 0 Å². The van der Waals surface area contributed by atoms with Crippen molar-refractivity contribution < 1.29 is 15.0 Å². The van der Waals surface area contributed by atoms with Gasteiger partial charge in [0, 0.05) is 18.6 Å². The highest BCUT2D eigenvalue weighted by Crippen LogP contribution is 2.39. The van der Waals surface area contributed by atoms with Crippen LogP contribution in [0.5, 0.6) is 0 Å². The van der Waals surface area contributed by atoms with Crippen LogP contribution in [0.1, 0.15) is 36.4 Å². The molecule has 1 fully saturated rings. The number of hydrogen-bond acceptors (Lipinski definition) is 3. The highest BCUT2D eigenvalue weighted by molar-refractivity contribution is 6.30. The number of amides is 1. The summed E-state index contributed by atoms with van der Waals surface area (Å²) in [4.78, 5) is 18.2. The van der Waals surface area contributed by atoms with E-state index < -0.39 is 18.2 Å². The molecule has 3 aromatic rings. The van der Waals surface area contributed by atoms with Gasteiger partial charge in [-0.1, -0.05) is 35.9 Å². The smallest absolute Gasteiger partial charge is 0.408 e. The Morgan fingerprint density at radius 1 is 1.29 bits per heavy atom. The molecule has 1 saturated carbocycles. The van der Waals surface area contributed by atoms with Gasteiger partial charge in [0.1, 0.15) is 18.0 Å². The van der Waals surface area contributed by atoms with E-state index in [0.29, 0.717) is 28.9 Å². The number of rotatable bonds is 6. The lowest BCUT2D eigenvalue weighted by atomic mass is 10.00. The van der Waals surface area contributed by atoms with E-state index in [4.69, 9.17) is 11.6 Å². The van der Waals surface area contributed by atoms with Crippen LogP contribution in [0.25, 0.3) is 11.0 Å². The fourth-order valence-corrected chi connectivity index (χ4v) is 3.84. The van der Waals surface area contributed by atoms with E-state index in [1.165, 1.54) is 4.90 Å². The van der Waals surface area contributed by atoms with E-state index in [2.05, 4.69) is 4.98 Å². The van der Waals surface area contributed by atoms with Crippen LogP contribution in [-0.2, 0) is 7.05 Å². The molecule has 2 aromatic carbocycles. The maximum atomic E-state index is 12.2. The fraction of sp³-hybridized carbons (Fsp3) is 0.333. The van der Waals surface area contributed by atoms with E-state index in [0.717, 1.165) is 23.9 Å². The number of aliphatic hydroxyl groups excluding tert-OH is 1. The van der Waals surface area contributed by atoms with Crippen molar-refractivity contribution in [2.45, 2.75) is 25.0 Å². The van der Waals surface area contributed by atoms with Gasteiger partial charge in [-0.2, -0.15) is 0 Å². The Hall–Kier alpha value is -2.57. The van der Waals surface area contributed by atoms with Gasteiger partial charge < -0.3 is 14.8 Å². The molecule has 1 heterocycles. The third-order valence-electron chi connectivity index (χ3n) is 5.31. The number of aromatic nitrogens is 2. The molecule has 6 nitrogen and oxygen atoms in total. The van der Waals surface area contributed by atoms with Gasteiger partial charge in [0.05, 0.1) is 11.0 Å². The topological polar surface area (TPSA) is 78.6 Å². The SMILES string of the molecule is Cn1c([C@@H]([C@H](O)c2cccc(Cl)c2)N(CC2CC2)C(=O)O)nc2ccccc21. The molecule has 0 bridgehead atoms. The molecule has 2 N–H and O–H groups in total. The number of hydrogen-bond donors (Lipinski definition) is 2. The van der Waals surface area contributed by atoms with Crippen molar-refractivity contribution in [2.24, 2.45) is 13.0 Å². The van der Waals surface area contributed by atoms with Crippen molar-refractivity contribution in [3.63, 3.8) is 0 Å². The van der Waals surface area contributed by atoms with Gasteiger partial charge in [-0.15, -0.1) is 0 Å². The molecule has 1 aliphatic carbocycles. The maximum absolute atomic E-state index is 12.2. The van der Waals surface area contributed by atoms with E-state index >= 15 is 0 Å². The van der Waals surface area contributed by atoms with E-state index in [1.54, 1.807) is 24.3 Å². The minimum absolute atomic E-state index is 0.333. The van der Waals surface area contributed by atoms with Gasteiger partial charge in [0.15, 0.2) is 0 Å². The van der Waals surface area contributed by atoms with Crippen LogP contribution >= 0.6 is 11.6 Å². The lowest BCUT2D eigenvalue weighted by Gasteiger charge is -2.33. The molecule has 1 amide bonds. The molecule has 4 rings (SSSR count). The van der Waals surface area contributed by atoms with E-state index in [-0.39, 0.29) is 0 Å². The van der Waals surface area contributed by atoms with E-state index in [9.17, 15) is 15.0 Å². The third kappa shape index (κ3) is 3.57. The number of benzene rings is 2. The first-order valence-electron chi connectivity index (χ1n) is 9.30. The summed E-state index contributed by atoms with van der Waals surface area (Å²) < 4.78 is 1.86. The van der Waals surface area contributed by atoms with Gasteiger partial charge in [0.25, 0.3) is 0 Å². The average Bonchev–Trinajstić information content (AvgIpc) is 3.44. The number of fused-ring (bicyclic) bond motifs is 1. The second kappa shape index (κ2) is 7.45. The summed E-state index contributed by atoms with van der Waals surface area (Å²) in [6.07, 6.45) is -0.146. The summed E-state index contributed by atoms with van der Waals surface area (Å²) in [7, 11) is 1.85. The lowest BCUT2D eigenvalue weighted by molar-refractivity contribution is 0.0393. The predicted molar refractivity (Wildman–Crippen MR) is 107 cm³/mol. The summed E-state index contributed by atoms with van der Waals surface area (Å²) >= 11 is 6.11. The summed E-state index contributed by atoms with van der Waals surface area (Å²) in [5.41, 5.74) is 2.21. The van der Waals surface area contributed by atoms with Gasteiger partial charge in [0.2, 0.25) is 0 Å². The largest absolute Gasteiger partial charge is 0.465 e. The molecule has 0 saturated heterocycles. The van der Waals surface area contributed by atoms with Gasteiger partial charge >= 0.3 is 6.09 Å². The molecule has 0 spiro atoms. The monoisotopic (exact) mass is 399 g/mol. The Balaban J connectivity index is 1.84. The fourth-order valence-electron chi connectivity index (χ4n) is 3.64. The predicted octanol–water partition coefficient (Wildman–Crippen LogP) is 4.39. The van der Waals surface area contributed by atoms with Crippen molar-refractivity contribution in [1.82, 2.24) is 14.5 Å². The zero-order valence-corrected chi connectivity index (χ0v) is 16.3. The molecule has 28 heavy (non-hydrogen) atoms. The summed E-state index contributed by atoms with van der Waals surface area (Å²) in [5.74, 6) is 0.844. The Labute approximate surface area is 168 Å². The molecular weight excluding hydrogens is 378 g/mol. The van der Waals surface area contributed by atoms with Crippen LogP contribution in [0.15, 0.2) is 48.5 Å². The first kappa shape index (κ1) is 18.8. The molecule has 7 heteroatoms. The Bertz CT molecular complexity index is 1020. The zero-order valence-electron chi connectivity index (χ0n) is 15.5. The second-order valence-electron chi connectivity index (χ2n) is 7.34. The number of nitrogens with zero attached hydrogens (tertiary/aromatic N) is 3. The zero-order chi connectivity index (χ0) is 19.8. The minimum Gasteiger partial charge on any atom is -0.465 e. The molecule has 146 valence electrons. The summed E-state index contributed by atoms with van der Waals surface area (Å²) in [6.45, 7) is 0.376. The third-order valence-corrected chi connectivity index (χ3v) is 5.54. The molecular formula is C21H22ClN3O3. The van der Waals surface area contributed by atoms with Gasteiger partial charge in [-0.05, 0) is 48.6 Å². The normalized spacial score (nSPS) is 16.1.